The summed E-state index contributed by atoms with van der Waals surface area (Å²) in [6.45, 7) is 5.46. The van der Waals surface area contributed by atoms with Gasteiger partial charge in [0.05, 0.1) is 6.17 Å². The minimum atomic E-state index is -10.7. The minimum absolute atomic E-state index is 0. The van der Waals surface area contributed by atoms with Crippen molar-refractivity contribution in [3.63, 3.8) is 0 Å². The Morgan fingerprint density at radius 3 is 1.53 bits per heavy atom. The maximum absolute atomic E-state index is 10.7. The van der Waals surface area contributed by atoms with E-state index < -0.39 is 7.81 Å². The fraction of sp³-hybridized carbons (Fsp3) is 0.714. The number of hydrogen-bond acceptors (Lipinski definition) is 2. The van der Waals surface area contributed by atoms with Crippen molar-refractivity contribution in [2.75, 3.05) is 13.6 Å². The third-order valence-corrected chi connectivity index (χ3v) is 1.93. The first-order valence-electron chi connectivity index (χ1n) is 4.43. The molecular formula is C7H14F6LiN2P. The maximum Gasteiger partial charge on any atom is 1.00 e. The molecule has 0 fully saturated rings. The molecule has 0 aromatic carbocycles. The van der Waals surface area contributed by atoms with Crippen LogP contribution in [0, 0.1) is 0 Å². The second-order valence-corrected chi connectivity index (χ2v) is 5.30. The molecule has 0 amide bonds. The molecular weight excluding hydrogens is 264 g/mol. The van der Waals surface area contributed by atoms with Gasteiger partial charge in [0.1, 0.15) is 0 Å². The quantitative estimate of drug-likeness (QED) is 0.407. The van der Waals surface area contributed by atoms with Crippen LogP contribution in [0.5, 0.6) is 0 Å². The zero-order valence-corrected chi connectivity index (χ0v) is 10.9. The van der Waals surface area contributed by atoms with Gasteiger partial charge < -0.3 is 9.80 Å². The van der Waals surface area contributed by atoms with Crippen LogP contribution in [0.4, 0.5) is 25.2 Å². The van der Waals surface area contributed by atoms with Crippen molar-refractivity contribution in [1.82, 2.24) is 9.80 Å². The fourth-order valence-electron chi connectivity index (χ4n) is 1.04. The molecule has 17 heavy (non-hydrogen) atoms. The number of hydrogen-bond donors (Lipinski definition) is 0. The SMILES string of the molecule is CCN1C=CN(C)C1C.F[P-](F)(F)(F)(F)F.[Li+]. The van der Waals surface area contributed by atoms with Gasteiger partial charge in [-0.2, -0.15) is 0 Å². The van der Waals surface area contributed by atoms with E-state index in [1.54, 1.807) is 0 Å². The van der Waals surface area contributed by atoms with E-state index in [4.69, 9.17) is 0 Å². The van der Waals surface area contributed by atoms with Crippen LogP contribution in [-0.2, 0) is 0 Å². The van der Waals surface area contributed by atoms with Crippen molar-refractivity contribution in [1.29, 1.82) is 0 Å². The molecule has 0 spiro atoms. The normalized spacial score (nSPS) is 23.2. The van der Waals surface area contributed by atoms with E-state index in [0.29, 0.717) is 6.17 Å². The number of halogens is 6. The van der Waals surface area contributed by atoms with Crippen LogP contribution in [0.25, 0.3) is 0 Å². The van der Waals surface area contributed by atoms with Crippen molar-refractivity contribution in [3.8, 4) is 0 Å². The molecule has 1 aliphatic rings. The maximum atomic E-state index is 9.87. The number of rotatable bonds is 1. The van der Waals surface area contributed by atoms with Crippen LogP contribution in [0.15, 0.2) is 12.4 Å². The smallest absolute Gasteiger partial charge is 1.00 e. The Balaban J connectivity index is 0. The molecule has 0 bridgehead atoms. The second kappa shape index (κ2) is 4.91. The summed E-state index contributed by atoms with van der Waals surface area (Å²) in [5.41, 5.74) is 0. The van der Waals surface area contributed by atoms with Crippen molar-refractivity contribution < 1.29 is 44.0 Å². The van der Waals surface area contributed by atoms with Gasteiger partial charge in [-0.3, -0.25) is 0 Å². The Kier molecular flexibility index (Phi) is 5.57. The molecule has 2 nitrogen and oxygen atoms in total. The molecule has 100 valence electrons. The summed E-state index contributed by atoms with van der Waals surface area (Å²) in [5.74, 6) is 0. The first kappa shape index (κ1) is 19.3. The second-order valence-electron chi connectivity index (χ2n) is 3.38. The average Bonchev–Trinajstić information content (AvgIpc) is 2.26. The first-order chi connectivity index (χ1) is 6.70. The summed E-state index contributed by atoms with van der Waals surface area (Å²) in [5, 5.41) is 0. The fourth-order valence-corrected chi connectivity index (χ4v) is 1.04. The number of nitrogens with zero attached hydrogens (tertiary/aromatic N) is 2. The van der Waals surface area contributed by atoms with Crippen LogP contribution in [0.2, 0.25) is 0 Å². The van der Waals surface area contributed by atoms with Gasteiger partial charge in [0, 0.05) is 26.0 Å². The van der Waals surface area contributed by atoms with Crippen molar-refractivity contribution >= 4 is 7.81 Å². The van der Waals surface area contributed by atoms with Crippen LogP contribution in [0.1, 0.15) is 13.8 Å². The molecule has 0 saturated carbocycles. The van der Waals surface area contributed by atoms with Gasteiger partial charge in [-0.25, -0.2) is 0 Å². The van der Waals surface area contributed by atoms with Gasteiger partial charge in [0.25, 0.3) is 0 Å². The van der Waals surface area contributed by atoms with Gasteiger partial charge in [0.2, 0.25) is 0 Å². The van der Waals surface area contributed by atoms with Gasteiger partial charge in [-0.15, -0.1) is 0 Å². The minimum Gasteiger partial charge on any atom is 1.00 e. The van der Waals surface area contributed by atoms with E-state index in [1.165, 1.54) is 0 Å². The molecule has 0 aromatic rings. The van der Waals surface area contributed by atoms with Crippen LogP contribution >= 0.6 is 7.81 Å². The largest absolute Gasteiger partial charge is 1.00 e. The van der Waals surface area contributed by atoms with E-state index in [0.717, 1.165) is 6.54 Å². The zero-order valence-electron chi connectivity index (χ0n) is 10.0. The van der Waals surface area contributed by atoms with Crippen LogP contribution in [0.3, 0.4) is 0 Å². The summed E-state index contributed by atoms with van der Waals surface area (Å²) < 4.78 is 59.2. The standard InChI is InChI=1S/C7H14N2.F6P.Li/c1-4-9-6-5-8(3)7(9)2;1-7(2,3,4,5)6;/h5-7H,4H2,1-3H3;;/q;-1;+1. The van der Waals surface area contributed by atoms with Gasteiger partial charge in [0.15, 0.2) is 0 Å². The molecule has 0 N–H and O–H groups in total. The Bertz CT molecular complexity index is 264. The average molecular weight is 278 g/mol. The van der Waals surface area contributed by atoms with Crippen molar-refractivity contribution in [2.45, 2.75) is 20.0 Å². The van der Waals surface area contributed by atoms with E-state index >= 15 is 0 Å². The van der Waals surface area contributed by atoms with Gasteiger partial charge in [-0.05, 0) is 13.8 Å². The third kappa shape index (κ3) is 13.9. The monoisotopic (exact) mass is 278 g/mol. The first-order valence-corrected chi connectivity index (χ1v) is 6.46. The molecule has 10 heteroatoms. The Morgan fingerprint density at radius 2 is 1.41 bits per heavy atom. The van der Waals surface area contributed by atoms with E-state index in [9.17, 15) is 25.2 Å². The molecule has 0 aliphatic carbocycles. The summed E-state index contributed by atoms with van der Waals surface area (Å²) in [7, 11) is -8.56. The predicted octanol–water partition coefficient (Wildman–Crippen LogP) is 1.46. The van der Waals surface area contributed by atoms with Gasteiger partial charge >= 0.3 is 51.9 Å². The van der Waals surface area contributed by atoms with E-state index in [1.807, 2.05) is 0 Å². The summed E-state index contributed by atoms with van der Waals surface area (Å²) in [6, 6.07) is 0. The Hall–Kier alpha value is -0.0526. The molecule has 0 aromatic heterocycles. The van der Waals surface area contributed by atoms with Crippen LogP contribution in [-0.4, -0.2) is 29.6 Å². The topological polar surface area (TPSA) is 6.48 Å². The summed E-state index contributed by atoms with van der Waals surface area (Å²) >= 11 is 0. The van der Waals surface area contributed by atoms with E-state index in [2.05, 4.69) is 43.1 Å². The molecule has 0 saturated heterocycles. The Labute approximate surface area is 108 Å². The van der Waals surface area contributed by atoms with Crippen LogP contribution < -0.4 is 18.9 Å². The predicted molar refractivity (Wildman–Crippen MR) is 52.3 cm³/mol. The molecule has 1 heterocycles. The third-order valence-electron chi connectivity index (χ3n) is 1.93. The molecule has 0 radical (unpaired) electrons. The van der Waals surface area contributed by atoms with Crippen molar-refractivity contribution in [2.24, 2.45) is 0 Å². The molecule has 1 atom stereocenters. The van der Waals surface area contributed by atoms with Gasteiger partial charge in [-0.1, -0.05) is 0 Å². The Morgan fingerprint density at radius 1 is 1.06 bits per heavy atom. The van der Waals surface area contributed by atoms with Crippen molar-refractivity contribution in [3.05, 3.63) is 12.4 Å². The molecule has 1 unspecified atom stereocenters. The molecule has 1 aliphatic heterocycles. The van der Waals surface area contributed by atoms with E-state index in [-0.39, 0.29) is 18.9 Å². The summed E-state index contributed by atoms with van der Waals surface area (Å²) in [6.07, 6.45) is 4.79. The summed E-state index contributed by atoms with van der Waals surface area (Å²) in [4.78, 5) is 4.49. The molecule has 1 rings (SSSR count). The zero-order chi connectivity index (χ0) is 13.3.